The van der Waals surface area contributed by atoms with Crippen molar-refractivity contribution < 1.29 is 250 Å². The van der Waals surface area contributed by atoms with E-state index in [0.717, 1.165) is 18.9 Å². The molecule has 57 heteroatoms. The number of carbonyl (C=O) groups is 2. The quantitative estimate of drug-likeness (QED) is 0.0856. The number of aliphatic carboxylic acids is 2. The van der Waals surface area contributed by atoms with Gasteiger partial charge in [0.15, 0.2) is 0 Å². The summed E-state index contributed by atoms with van der Waals surface area (Å²) in [6.45, 7) is 0. The van der Waals surface area contributed by atoms with Crippen LogP contribution in [0.5, 0.6) is 0 Å². The van der Waals surface area contributed by atoms with Crippen molar-refractivity contribution >= 4 is 49.7 Å². The molecule has 0 N–H and O–H groups in total. The Balaban J connectivity index is -0.00000148. The van der Waals surface area contributed by atoms with Crippen molar-refractivity contribution in [3.05, 3.63) is 0 Å². The maximum atomic E-state index is 14.0. The number of carboxylic acids is 2. The van der Waals surface area contributed by atoms with Crippen molar-refractivity contribution in [3.63, 3.8) is 0 Å². The number of carboxylic acid groups (broad SMARTS) is 2. The van der Waals surface area contributed by atoms with Crippen molar-refractivity contribution in [1.82, 2.24) is 0 Å². The Labute approximate surface area is 432 Å². The van der Waals surface area contributed by atoms with E-state index in [0.29, 0.717) is 0 Å². The van der Waals surface area contributed by atoms with Gasteiger partial charge in [-0.25, -0.2) is 0 Å². The molecule has 0 radical (unpaired) electrons. The summed E-state index contributed by atoms with van der Waals surface area (Å²) >= 11 is 0. The van der Waals surface area contributed by atoms with Gasteiger partial charge in [0.05, 0.1) is 0 Å². The number of halogens is 46. The van der Waals surface area contributed by atoms with Gasteiger partial charge in [0, 0.05) is 0 Å². The van der Waals surface area contributed by atoms with Crippen molar-refractivity contribution in [2.45, 2.75) is 133 Å². The van der Waals surface area contributed by atoms with Gasteiger partial charge in [-0.05, 0) is 0 Å². The smallest absolute Gasteiger partial charge is 0.544 e. The first-order chi connectivity index (χ1) is 33.6. The fraction of sp³-hybridized carbons (Fsp3) is 0.917. The predicted octanol–water partition coefficient (Wildman–Crippen LogP) is 10.5. The second-order valence-electron chi connectivity index (χ2n) is 13.0. The summed E-state index contributed by atoms with van der Waals surface area (Å²) in [4.78, 5) is 20.2. The number of alkyl halides is 46. The van der Waals surface area contributed by atoms with E-state index >= 15 is 0 Å². The van der Waals surface area contributed by atoms with Crippen molar-refractivity contribution in [3.8, 4) is 0 Å². The van der Waals surface area contributed by atoms with Crippen LogP contribution in [0.15, 0.2) is 0 Å². The van der Waals surface area contributed by atoms with Crippen LogP contribution in [0.2, 0.25) is 0 Å². The van der Waals surface area contributed by atoms with E-state index in [4.69, 9.17) is 0 Å². The molecule has 480 valence electrons. The van der Waals surface area contributed by atoms with Crippen LogP contribution in [0.25, 0.3) is 0 Å². The van der Waals surface area contributed by atoms with Crippen LogP contribution in [0.3, 0.4) is 0 Å². The number of carbonyl (C=O) groups excluding carboxylic acids is 2. The fourth-order valence-corrected chi connectivity index (χ4v) is 3.34. The molecule has 0 bridgehead atoms. The molecule has 0 amide bonds. The maximum absolute atomic E-state index is 14.0. The van der Waals surface area contributed by atoms with Gasteiger partial charge in [-0.2, -0.15) is 202 Å². The van der Waals surface area contributed by atoms with E-state index < -0.39 is 145 Å². The summed E-state index contributed by atoms with van der Waals surface area (Å²) in [5, 5.41) is 20.2. The minimum absolute atomic E-state index is 0. The van der Waals surface area contributed by atoms with Crippen molar-refractivity contribution in [1.29, 1.82) is 0 Å². The van der Waals surface area contributed by atoms with Gasteiger partial charge >= 0.3 is 171 Å². The van der Waals surface area contributed by atoms with Crippen LogP contribution >= 0.6 is 0 Å². The first kappa shape index (κ1) is 82.0. The van der Waals surface area contributed by atoms with Crippen LogP contribution in [-0.4, -0.2) is 183 Å². The maximum Gasteiger partial charge on any atom is 2.00 e. The van der Waals surface area contributed by atoms with E-state index in [1.165, 1.54) is 9.47 Å². The molecule has 0 aliphatic carbocycles. The zero-order valence-corrected chi connectivity index (χ0v) is 36.4. The van der Waals surface area contributed by atoms with E-state index in [1.54, 1.807) is 0 Å². The molecule has 0 saturated carbocycles. The zero-order valence-electron chi connectivity index (χ0n) is 34.2. The number of rotatable bonds is 20. The molecule has 0 aromatic heterocycles. The summed E-state index contributed by atoms with van der Waals surface area (Å²) in [6, 6.07) is 0. The van der Waals surface area contributed by atoms with E-state index in [-0.39, 0.29) is 37.7 Å². The summed E-state index contributed by atoms with van der Waals surface area (Å²) < 4.78 is 599. The van der Waals surface area contributed by atoms with Gasteiger partial charge in [0.2, 0.25) is 0 Å². The van der Waals surface area contributed by atoms with Crippen LogP contribution < -0.4 is 10.2 Å². The topological polar surface area (TPSA) is 136 Å². The molecule has 0 saturated heterocycles. The minimum Gasteiger partial charge on any atom is -0.544 e. The molecule has 0 fully saturated rings. The Morgan fingerprint density at radius 2 is 0.346 bits per heavy atom. The number of hydrogen-bond donors (Lipinski definition) is 0. The monoisotopic (exact) mass is 1360 g/mol. The molecule has 0 aromatic rings. The predicted molar refractivity (Wildman–Crippen MR) is 133 cm³/mol. The molecule has 0 aliphatic heterocycles. The largest absolute Gasteiger partial charge is 2.00 e. The van der Waals surface area contributed by atoms with Crippen LogP contribution in [0.1, 0.15) is 0 Å². The first-order valence-electron chi connectivity index (χ1n) is 16.0. The molecule has 6 unspecified atom stereocenters. The molecule has 0 spiro atoms. The first-order valence-corrected chi connectivity index (χ1v) is 16.0. The van der Waals surface area contributed by atoms with Gasteiger partial charge in [-0.1, -0.05) is 0 Å². The Kier molecular flexibility index (Phi) is 22.5. The Bertz CT molecular complexity index is 2020. The third kappa shape index (κ3) is 14.7. The summed E-state index contributed by atoms with van der Waals surface area (Å²) in [5.74, 6) is -75.7. The van der Waals surface area contributed by atoms with Gasteiger partial charge in [0.25, 0.3) is 0 Å². The zero-order chi connectivity index (χ0) is 66.4. The summed E-state index contributed by atoms with van der Waals surface area (Å²) in [5.41, 5.74) is 0. The van der Waals surface area contributed by atoms with Gasteiger partial charge in [0.1, 0.15) is 11.9 Å². The standard InChI is InChI=1S/2C12HF23O5.Ca/c2*13-2(1(36)37,6(18,19)20)38-11(32,33)4(16,8(24,25)26)40-12(34,35)5(17,9(27,28)29)39-10(30,31)3(14,15)7(21,22)23;/h2*(H,36,37);/q;;+2/p-2. The molecule has 81 heavy (non-hydrogen) atoms. The van der Waals surface area contributed by atoms with Crippen LogP contribution in [0.4, 0.5) is 202 Å². The van der Waals surface area contributed by atoms with Crippen molar-refractivity contribution in [2.24, 2.45) is 0 Å². The Morgan fingerprint density at radius 1 is 0.210 bits per heavy atom. The average Bonchev–Trinajstić information content (AvgIpc) is 3.12. The Morgan fingerprint density at radius 3 is 0.457 bits per heavy atom. The second kappa shape index (κ2) is 22.2. The molecular weight excluding hydrogens is 1360 g/mol. The SMILES string of the molecule is O=C([O-])C(F)(OC(F)(F)C(F)(OC(F)(F)C(F)(OC(F)(F)C(F)(F)C(F)(F)F)C(F)(F)F)C(F)(F)F)C(F)(F)F.O=C([O-])C(F)(OC(F)(F)C(F)(OC(F)(F)C(F)(OC(F)(F)C(F)(F)C(F)(F)F)C(F)(F)F)C(F)(F)F)C(F)(F)F.[Ca+2]. The van der Waals surface area contributed by atoms with E-state index in [9.17, 15) is 222 Å². The minimum atomic E-state index is -8.79. The number of ether oxygens (including phenoxy) is 6. The average molecular weight is 1360 g/mol. The summed E-state index contributed by atoms with van der Waals surface area (Å²) in [6.07, 6.45) is -116. The van der Waals surface area contributed by atoms with Gasteiger partial charge < -0.3 is 19.8 Å². The number of hydrogen-bond acceptors (Lipinski definition) is 10. The second-order valence-corrected chi connectivity index (χ2v) is 13.0. The molecule has 0 aromatic carbocycles. The third-order valence-electron chi connectivity index (χ3n) is 7.27. The third-order valence-corrected chi connectivity index (χ3v) is 7.27. The van der Waals surface area contributed by atoms with Gasteiger partial charge in [-0.15, -0.1) is 0 Å². The molecule has 0 rings (SSSR count). The molecule has 6 atom stereocenters. The molecule has 0 aliphatic rings. The van der Waals surface area contributed by atoms with E-state index in [1.807, 2.05) is 0 Å². The van der Waals surface area contributed by atoms with Crippen molar-refractivity contribution in [2.75, 3.05) is 0 Å². The van der Waals surface area contributed by atoms with Crippen LogP contribution in [-0.2, 0) is 38.0 Å². The van der Waals surface area contributed by atoms with Gasteiger partial charge in [-0.3, -0.25) is 28.4 Å². The Hall–Kier alpha value is -3.26. The summed E-state index contributed by atoms with van der Waals surface area (Å²) in [7, 11) is 0. The molecule has 0 heterocycles. The normalized spacial score (nSPS) is 19.7. The van der Waals surface area contributed by atoms with Crippen LogP contribution in [0, 0.1) is 0 Å². The van der Waals surface area contributed by atoms with E-state index in [2.05, 4.69) is 0 Å². The molecular formula is C24CaF46O10. The fourth-order valence-electron chi connectivity index (χ4n) is 3.34. The molecule has 10 nitrogen and oxygen atoms in total.